The van der Waals surface area contributed by atoms with Crippen molar-refractivity contribution in [1.82, 2.24) is 9.80 Å². The second kappa shape index (κ2) is 5.24. The summed E-state index contributed by atoms with van der Waals surface area (Å²) >= 11 is 4.50. The zero-order valence-electron chi connectivity index (χ0n) is 11.1. The van der Waals surface area contributed by atoms with Crippen LogP contribution in [0.5, 0.6) is 0 Å². The van der Waals surface area contributed by atoms with Gasteiger partial charge in [0.25, 0.3) is 0 Å². The molecule has 1 rings (SSSR count). The van der Waals surface area contributed by atoms with Crippen molar-refractivity contribution >= 4 is 23.1 Å². The highest BCUT2D eigenvalue weighted by Gasteiger charge is 2.47. The van der Waals surface area contributed by atoms with Crippen molar-refractivity contribution in [2.24, 2.45) is 11.7 Å². The zero-order valence-corrected chi connectivity index (χ0v) is 11.9. The number of hydrogen-bond acceptors (Lipinski definition) is 3. The molecule has 1 atom stereocenters. The predicted octanol–water partition coefficient (Wildman–Crippen LogP) is 1.00. The minimum Gasteiger partial charge on any atom is -0.393 e. The standard InChI is InChI=1S/C11H18F3N3OS/c1-10(2)9(18)16(3)4-5-17(10)6-7(8(15)19)11(12,13)14/h7H,4-6H2,1-3H3,(H2,15,19). The third kappa shape index (κ3) is 3.36. The molecule has 0 aromatic heterocycles. The first-order valence-electron chi connectivity index (χ1n) is 5.84. The molecule has 1 saturated heterocycles. The van der Waals surface area contributed by atoms with Crippen LogP contribution >= 0.6 is 12.2 Å². The number of thiocarbonyl (C=S) groups is 1. The van der Waals surface area contributed by atoms with Crippen LogP contribution in [0.2, 0.25) is 0 Å². The molecule has 4 nitrogen and oxygen atoms in total. The van der Waals surface area contributed by atoms with Crippen LogP contribution in [0.3, 0.4) is 0 Å². The Labute approximate surface area is 115 Å². The van der Waals surface area contributed by atoms with Crippen LogP contribution in [0.15, 0.2) is 0 Å². The van der Waals surface area contributed by atoms with E-state index in [-0.39, 0.29) is 12.5 Å². The third-order valence-electron chi connectivity index (χ3n) is 3.51. The van der Waals surface area contributed by atoms with E-state index < -0.39 is 22.6 Å². The van der Waals surface area contributed by atoms with Gasteiger partial charge in [-0.15, -0.1) is 0 Å². The van der Waals surface area contributed by atoms with E-state index in [0.29, 0.717) is 13.1 Å². The normalized spacial score (nSPS) is 22.4. The van der Waals surface area contributed by atoms with E-state index in [2.05, 4.69) is 12.2 Å². The van der Waals surface area contributed by atoms with E-state index in [1.807, 2.05) is 0 Å². The van der Waals surface area contributed by atoms with Crippen LogP contribution in [-0.2, 0) is 4.79 Å². The van der Waals surface area contributed by atoms with Crippen LogP contribution in [0, 0.1) is 5.92 Å². The Morgan fingerprint density at radius 3 is 2.42 bits per heavy atom. The molecule has 110 valence electrons. The number of piperazine rings is 1. The highest BCUT2D eigenvalue weighted by Crippen LogP contribution is 2.31. The lowest BCUT2D eigenvalue weighted by Crippen LogP contribution is -2.64. The molecule has 0 spiro atoms. The molecule has 0 aliphatic carbocycles. The molecule has 1 unspecified atom stereocenters. The van der Waals surface area contributed by atoms with Gasteiger partial charge in [-0.05, 0) is 13.8 Å². The van der Waals surface area contributed by atoms with Crippen molar-refractivity contribution in [3.05, 3.63) is 0 Å². The minimum absolute atomic E-state index is 0.206. The average Bonchev–Trinajstić information content (AvgIpc) is 2.23. The number of alkyl halides is 3. The first-order chi connectivity index (χ1) is 8.48. The lowest BCUT2D eigenvalue weighted by Gasteiger charge is -2.46. The van der Waals surface area contributed by atoms with E-state index >= 15 is 0 Å². The van der Waals surface area contributed by atoms with Gasteiger partial charge < -0.3 is 10.6 Å². The Morgan fingerprint density at radius 1 is 1.47 bits per heavy atom. The number of amides is 1. The van der Waals surface area contributed by atoms with Crippen molar-refractivity contribution in [3.63, 3.8) is 0 Å². The molecule has 0 radical (unpaired) electrons. The maximum atomic E-state index is 12.9. The molecule has 2 N–H and O–H groups in total. The lowest BCUT2D eigenvalue weighted by molar-refractivity contribution is -0.169. The zero-order chi connectivity index (χ0) is 15.0. The van der Waals surface area contributed by atoms with Gasteiger partial charge in [0.05, 0.1) is 10.5 Å². The van der Waals surface area contributed by atoms with Crippen molar-refractivity contribution in [1.29, 1.82) is 0 Å². The number of likely N-dealkylation sites (N-methyl/N-ethyl adjacent to an activating group) is 1. The molecule has 8 heteroatoms. The SMILES string of the molecule is CN1CCN(CC(C(N)=S)C(F)(F)F)C(C)(C)C1=O. The summed E-state index contributed by atoms with van der Waals surface area (Å²) < 4.78 is 38.6. The lowest BCUT2D eigenvalue weighted by atomic mass is 9.95. The van der Waals surface area contributed by atoms with Crippen LogP contribution in [0.1, 0.15) is 13.8 Å². The Balaban J connectivity index is 2.91. The summed E-state index contributed by atoms with van der Waals surface area (Å²) in [5.41, 5.74) is 4.20. The number of carbonyl (C=O) groups excluding carboxylic acids is 1. The monoisotopic (exact) mass is 297 g/mol. The molecule has 1 aliphatic heterocycles. The van der Waals surface area contributed by atoms with Crippen molar-refractivity contribution in [3.8, 4) is 0 Å². The van der Waals surface area contributed by atoms with Crippen LogP contribution < -0.4 is 5.73 Å². The maximum absolute atomic E-state index is 12.9. The highest BCUT2D eigenvalue weighted by atomic mass is 32.1. The Kier molecular flexibility index (Phi) is 4.46. The van der Waals surface area contributed by atoms with Crippen molar-refractivity contribution in [2.45, 2.75) is 25.6 Å². The quantitative estimate of drug-likeness (QED) is 0.790. The van der Waals surface area contributed by atoms with Crippen molar-refractivity contribution in [2.75, 3.05) is 26.7 Å². The van der Waals surface area contributed by atoms with Gasteiger partial charge in [0.2, 0.25) is 5.91 Å². The number of nitrogens with two attached hydrogens (primary N) is 1. The maximum Gasteiger partial charge on any atom is 0.399 e. The number of nitrogens with zero attached hydrogens (tertiary/aromatic N) is 2. The number of carbonyl (C=O) groups is 1. The van der Waals surface area contributed by atoms with Crippen LogP contribution in [0.4, 0.5) is 13.2 Å². The molecule has 1 heterocycles. The molecule has 19 heavy (non-hydrogen) atoms. The van der Waals surface area contributed by atoms with Gasteiger partial charge >= 0.3 is 6.18 Å². The Morgan fingerprint density at radius 2 is 2.00 bits per heavy atom. The summed E-state index contributed by atoms with van der Waals surface area (Å²) in [6.07, 6.45) is -4.49. The summed E-state index contributed by atoms with van der Waals surface area (Å²) in [5.74, 6) is -2.10. The van der Waals surface area contributed by atoms with Gasteiger partial charge in [-0.2, -0.15) is 13.2 Å². The van der Waals surface area contributed by atoms with Gasteiger partial charge in [-0.25, -0.2) is 0 Å². The number of rotatable bonds is 3. The van der Waals surface area contributed by atoms with E-state index in [1.54, 1.807) is 20.9 Å². The average molecular weight is 297 g/mol. The molecule has 0 bridgehead atoms. The van der Waals surface area contributed by atoms with Gasteiger partial charge in [0, 0.05) is 26.7 Å². The predicted molar refractivity (Wildman–Crippen MR) is 69.6 cm³/mol. The fraction of sp³-hybridized carbons (Fsp3) is 0.818. The summed E-state index contributed by atoms with van der Waals surface area (Å²) in [6, 6.07) is 0. The fourth-order valence-electron chi connectivity index (χ4n) is 2.15. The molecular weight excluding hydrogens is 279 g/mol. The summed E-state index contributed by atoms with van der Waals surface area (Å²) in [5, 5.41) is 0. The largest absolute Gasteiger partial charge is 0.399 e. The van der Waals surface area contributed by atoms with E-state index in [9.17, 15) is 18.0 Å². The van der Waals surface area contributed by atoms with Gasteiger partial charge in [0.1, 0.15) is 5.92 Å². The topological polar surface area (TPSA) is 49.6 Å². The summed E-state index contributed by atoms with van der Waals surface area (Å²) in [6.45, 7) is 3.59. The second-order valence-corrected chi connectivity index (χ2v) is 5.70. The number of halogens is 3. The molecular formula is C11H18F3N3OS. The molecule has 0 aromatic carbocycles. The Bertz CT molecular complexity index is 384. The van der Waals surface area contributed by atoms with Gasteiger partial charge in [-0.1, -0.05) is 12.2 Å². The third-order valence-corrected chi connectivity index (χ3v) is 3.79. The van der Waals surface area contributed by atoms with Gasteiger partial charge in [-0.3, -0.25) is 9.69 Å². The smallest absolute Gasteiger partial charge is 0.393 e. The van der Waals surface area contributed by atoms with E-state index in [1.165, 1.54) is 9.80 Å². The first kappa shape index (κ1) is 16.2. The summed E-state index contributed by atoms with van der Waals surface area (Å²) in [4.78, 5) is 14.4. The van der Waals surface area contributed by atoms with E-state index in [4.69, 9.17) is 5.73 Å². The molecule has 1 amide bonds. The second-order valence-electron chi connectivity index (χ2n) is 5.23. The first-order valence-corrected chi connectivity index (χ1v) is 6.25. The molecule has 1 aliphatic rings. The fourth-order valence-corrected chi connectivity index (χ4v) is 2.36. The molecule has 0 aromatic rings. The summed E-state index contributed by atoms with van der Waals surface area (Å²) in [7, 11) is 1.64. The van der Waals surface area contributed by atoms with Gasteiger partial charge in [0.15, 0.2) is 0 Å². The molecule has 1 fully saturated rings. The van der Waals surface area contributed by atoms with E-state index in [0.717, 1.165) is 0 Å². The Hall–Kier alpha value is -0.890. The van der Waals surface area contributed by atoms with Crippen LogP contribution in [-0.4, -0.2) is 59.1 Å². The highest BCUT2D eigenvalue weighted by molar-refractivity contribution is 7.80. The van der Waals surface area contributed by atoms with Crippen molar-refractivity contribution < 1.29 is 18.0 Å². The minimum atomic E-state index is -4.49. The van der Waals surface area contributed by atoms with Crippen LogP contribution in [0.25, 0.3) is 0 Å². The number of hydrogen-bond donors (Lipinski definition) is 1. The molecule has 0 saturated carbocycles.